The van der Waals surface area contributed by atoms with E-state index in [9.17, 15) is 19.2 Å². The third-order valence-corrected chi connectivity index (χ3v) is 7.62. The summed E-state index contributed by atoms with van der Waals surface area (Å²) in [6, 6.07) is 15.6. The monoisotopic (exact) mass is 651 g/mol. The molecule has 0 aliphatic carbocycles. The van der Waals surface area contributed by atoms with Gasteiger partial charge in [-0.1, -0.05) is 60.7 Å². The number of guanidine groups is 1. The van der Waals surface area contributed by atoms with Gasteiger partial charge in [-0.05, 0) is 82.5 Å². The first-order chi connectivity index (χ1) is 22.6. The Kier molecular flexibility index (Phi) is 18.2. The molecule has 0 saturated heterocycles. The number of hydrogen-bond acceptors (Lipinski definition) is 7. The Morgan fingerprint density at radius 2 is 1.11 bits per heavy atom. The lowest BCUT2D eigenvalue weighted by atomic mass is 10.0. The van der Waals surface area contributed by atoms with Crippen LogP contribution in [0.1, 0.15) is 75.5 Å². The van der Waals surface area contributed by atoms with Crippen LogP contribution >= 0.6 is 0 Å². The van der Waals surface area contributed by atoms with Crippen LogP contribution in [-0.4, -0.2) is 67.3 Å². The van der Waals surface area contributed by atoms with Gasteiger partial charge >= 0.3 is 0 Å². The van der Waals surface area contributed by atoms with Crippen LogP contribution in [0.15, 0.2) is 65.7 Å². The van der Waals surface area contributed by atoms with Crippen molar-refractivity contribution in [3.05, 3.63) is 71.8 Å². The molecule has 0 saturated carbocycles. The van der Waals surface area contributed by atoms with E-state index in [4.69, 9.17) is 22.9 Å². The van der Waals surface area contributed by atoms with Crippen molar-refractivity contribution in [1.29, 1.82) is 0 Å². The Morgan fingerprint density at radius 3 is 1.62 bits per heavy atom. The zero-order chi connectivity index (χ0) is 34.4. The maximum atomic E-state index is 13.7. The molecule has 47 heavy (non-hydrogen) atoms. The summed E-state index contributed by atoms with van der Waals surface area (Å²) in [4.78, 5) is 57.6. The fourth-order valence-corrected chi connectivity index (χ4v) is 5.01. The van der Waals surface area contributed by atoms with E-state index in [1.165, 1.54) is 0 Å². The summed E-state index contributed by atoms with van der Waals surface area (Å²) in [5, 5.41) is 11.5. The van der Waals surface area contributed by atoms with Gasteiger partial charge in [0.25, 0.3) is 0 Å². The standard InChI is InChI=1S/C34H53N9O4/c1-24(26-15-6-3-7-16-26)40-31(45)29(19-12-22-39-34(37)38)43-33(47)28(18-9-11-21-36)42-32(46)27(17-8-10-20-35)41-30(44)23-25-13-4-2-5-14-25/h2-7,13-16,24,27-29H,8-12,17-23,35-36H2,1H3,(H,40,45)(H,41,44)(H,42,46)(H,43,47)(H4,37,38,39)/t24-,27-,28-,29-/m0/s1. The molecular formula is C34H53N9O4. The molecule has 0 bridgehead atoms. The van der Waals surface area contributed by atoms with E-state index in [2.05, 4.69) is 26.3 Å². The topological polar surface area (TPSA) is 233 Å². The number of benzene rings is 2. The Bertz CT molecular complexity index is 1260. The molecule has 0 aliphatic rings. The van der Waals surface area contributed by atoms with Crippen molar-refractivity contribution >= 4 is 29.6 Å². The van der Waals surface area contributed by atoms with Crippen molar-refractivity contribution in [2.75, 3.05) is 19.6 Å². The maximum Gasteiger partial charge on any atom is 0.243 e. The van der Waals surface area contributed by atoms with E-state index in [-0.39, 0.29) is 43.2 Å². The number of rotatable bonds is 22. The maximum absolute atomic E-state index is 13.7. The van der Waals surface area contributed by atoms with Crippen LogP contribution in [0.25, 0.3) is 0 Å². The fraction of sp³-hybridized carbons (Fsp3) is 0.500. The number of nitrogens with one attached hydrogen (secondary N) is 4. The molecule has 2 rings (SSSR count). The average Bonchev–Trinajstić information content (AvgIpc) is 3.05. The summed E-state index contributed by atoms with van der Waals surface area (Å²) in [5.41, 5.74) is 24.0. The molecule has 2 aromatic rings. The molecule has 0 spiro atoms. The van der Waals surface area contributed by atoms with Crippen LogP contribution in [0.4, 0.5) is 0 Å². The van der Waals surface area contributed by atoms with Gasteiger partial charge in [-0.2, -0.15) is 0 Å². The molecule has 0 radical (unpaired) electrons. The van der Waals surface area contributed by atoms with Crippen LogP contribution in [0.3, 0.4) is 0 Å². The molecule has 12 N–H and O–H groups in total. The lowest BCUT2D eigenvalue weighted by molar-refractivity contribution is -0.134. The van der Waals surface area contributed by atoms with Gasteiger partial charge in [0.1, 0.15) is 18.1 Å². The van der Waals surface area contributed by atoms with Gasteiger partial charge in [0.05, 0.1) is 12.5 Å². The SMILES string of the molecule is C[C@H](NC(=O)[C@H](CCCN=C(N)N)NC(=O)[C@H](CCCCN)NC(=O)[C@H](CCCCN)NC(=O)Cc1ccccc1)c1ccccc1. The molecule has 0 unspecified atom stereocenters. The van der Waals surface area contributed by atoms with Crippen LogP contribution < -0.4 is 44.2 Å². The summed E-state index contributed by atoms with van der Waals surface area (Å²) in [6.07, 6.45) is 3.95. The van der Waals surface area contributed by atoms with E-state index >= 15 is 0 Å². The van der Waals surface area contributed by atoms with Crippen molar-refractivity contribution in [2.24, 2.45) is 27.9 Å². The quantitative estimate of drug-likeness (QED) is 0.0516. The predicted molar refractivity (Wildman–Crippen MR) is 185 cm³/mol. The van der Waals surface area contributed by atoms with Gasteiger partial charge in [0.2, 0.25) is 23.6 Å². The lowest BCUT2D eigenvalue weighted by Gasteiger charge is -2.26. The molecule has 13 heteroatoms. The van der Waals surface area contributed by atoms with E-state index in [1.54, 1.807) is 0 Å². The van der Waals surface area contributed by atoms with Crippen LogP contribution in [0.2, 0.25) is 0 Å². The van der Waals surface area contributed by atoms with Gasteiger partial charge < -0.3 is 44.2 Å². The van der Waals surface area contributed by atoms with E-state index < -0.39 is 29.9 Å². The van der Waals surface area contributed by atoms with Crippen molar-refractivity contribution in [2.45, 2.75) is 88.9 Å². The van der Waals surface area contributed by atoms with E-state index in [0.717, 1.165) is 11.1 Å². The Morgan fingerprint density at radius 1 is 0.638 bits per heavy atom. The summed E-state index contributed by atoms with van der Waals surface area (Å²) >= 11 is 0. The molecule has 4 amide bonds. The number of nitrogens with two attached hydrogens (primary N) is 4. The molecule has 2 aromatic carbocycles. The largest absolute Gasteiger partial charge is 0.370 e. The Hall–Kier alpha value is -4.49. The second-order valence-corrected chi connectivity index (χ2v) is 11.6. The summed E-state index contributed by atoms with van der Waals surface area (Å²) in [7, 11) is 0. The molecule has 258 valence electrons. The number of hydrogen-bond donors (Lipinski definition) is 8. The minimum absolute atomic E-state index is 0.0627. The highest BCUT2D eigenvalue weighted by Crippen LogP contribution is 2.13. The summed E-state index contributed by atoms with van der Waals surface area (Å²) in [5.74, 6) is -1.74. The van der Waals surface area contributed by atoms with Crippen LogP contribution in [0.5, 0.6) is 0 Å². The third-order valence-electron chi connectivity index (χ3n) is 7.62. The first-order valence-corrected chi connectivity index (χ1v) is 16.4. The first kappa shape index (κ1) is 38.7. The minimum atomic E-state index is -0.961. The normalized spacial score (nSPS) is 13.3. The minimum Gasteiger partial charge on any atom is -0.370 e. The molecular weight excluding hydrogens is 598 g/mol. The second kappa shape index (κ2) is 22.1. The lowest BCUT2D eigenvalue weighted by Crippen LogP contribution is -2.57. The Balaban J connectivity index is 2.20. The fourth-order valence-electron chi connectivity index (χ4n) is 5.01. The number of carbonyl (C=O) groups excluding carboxylic acids is 4. The van der Waals surface area contributed by atoms with Crippen molar-refractivity contribution in [3.8, 4) is 0 Å². The van der Waals surface area contributed by atoms with Gasteiger partial charge in [0.15, 0.2) is 5.96 Å². The zero-order valence-electron chi connectivity index (χ0n) is 27.5. The number of unbranched alkanes of at least 4 members (excludes halogenated alkanes) is 2. The van der Waals surface area contributed by atoms with E-state index in [0.29, 0.717) is 58.0 Å². The van der Waals surface area contributed by atoms with Gasteiger partial charge in [-0.3, -0.25) is 24.2 Å². The van der Waals surface area contributed by atoms with Crippen molar-refractivity contribution < 1.29 is 19.2 Å². The van der Waals surface area contributed by atoms with Gasteiger partial charge in [-0.25, -0.2) is 0 Å². The van der Waals surface area contributed by atoms with E-state index in [1.807, 2.05) is 67.6 Å². The molecule has 0 aromatic heterocycles. The van der Waals surface area contributed by atoms with Crippen LogP contribution in [0, 0.1) is 0 Å². The highest BCUT2D eigenvalue weighted by atomic mass is 16.2. The van der Waals surface area contributed by atoms with Crippen LogP contribution in [-0.2, 0) is 25.6 Å². The second-order valence-electron chi connectivity index (χ2n) is 11.6. The summed E-state index contributed by atoms with van der Waals surface area (Å²) < 4.78 is 0. The van der Waals surface area contributed by atoms with Crippen molar-refractivity contribution in [1.82, 2.24) is 21.3 Å². The highest BCUT2D eigenvalue weighted by Gasteiger charge is 2.30. The zero-order valence-corrected chi connectivity index (χ0v) is 27.5. The number of aliphatic imine (C=N–C) groups is 1. The molecule has 4 atom stereocenters. The first-order valence-electron chi connectivity index (χ1n) is 16.4. The van der Waals surface area contributed by atoms with Crippen molar-refractivity contribution in [3.63, 3.8) is 0 Å². The smallest absolute Gasteiger partial charge is 0.243 e. The number of nitrogens with zero attached hydrogens (tertiary/aromatic N) is 1. The molecule has 0 fully saturated rings. The summed E-state index contributed by atoms with van der Waals surface area (Å²) in [6.45, 7) is 3.01. The molecule has 13 nitrogen and oxygen atoms in total. The Labute approximate surface area is 278 Å². The third kappa shape index (κ3) is 15.6. The highest BCUT2D eigenvalue weighted by molar-refractivity contribution is 5.94. The van der Waals surface area contributed by atoms with Gasteiger partial charge in [-0.15, -0.1) is 0 Å². The molecule has 0 aliphatic heterocycles. The predicted octanol–water partition coefficient (Wildman–Crippen LogP) is 0.873. The van der Waals surface area contributed by atoms with Gasteiger partial charge in [0, 0.05) is 6.54 Å². The number of amides is 4. The average molecular weight is 652 g/mol. The number of carbonyl (C=O) groups is 4. The molecule has 0 heterocycles.